The minimum atomic E-state index is -4.79. The zero-order chi connectivity index (χ0) is 51.8. The molecule has 4 aromatic carbocycles. The van der Waals surface area contributed by atoms with Gasteiger partial charge in [-0.2, -0.15) is 0 Å². The van der Waals surface area contributed by atoms with E-state index in [1.165, 1.54) is 22.9 Å². The first-order chi connectivity index (χ1) is 36.3. The minimum absolute atomic E-state index is 0.0109. The average molecular weight is 1040 g/mol. The zero-order valence-corrected chi connectivity index (χ0v) is 43.4. The molecule has 6 heterocycles. The molecule has 1 aliphatic carbocycles. The van der Waals surface area contributed by atoms with Gasteiger partial charge >= 0.3 is 0 Å². The molecule has 18 nitrogen and oxygen atoms in total. The monoisotopic (exact) mass is 1040 g/mol. The van der Waals surface area contributed by atoms with Gasteiger partial charge in [0.05, 0.1) is 23.8 Å². The molecule has 4 fully saturated rings. The molecule has 3 N–H and O–H groups in total. The molecule has 5 aliphatic rings. The number of anilines is 2. The van der Waals surface area contributed by atoms with E-state index in [4.69, 9.17) is 23.7 Å². The van der Waals surface area contributed by atoms with Gasteiger partial charge < -0.3 is 38.9 Å². The highest BCUT2D eigenvalue weighted by molar-refractivity contribution is 7.90. The van der Waals surface area contributed by atoms with Crippen LogP contribution in [-0.4, -0.2) is 111 Å². The Kier molecular flexibility index (Phi) is 14.1. The van der Waals surface area contributed by atoms with Gasteiger partial charge in [-0.1, -0.05) is 50.2 Å². The molecular formula is C56H64N8O10S. The highest BCUT2D eigenvalue weighted by Gasteiger charge is 2.50. The van der Waals surface area contributed by atoms with E-state index in [9.17, 15) is 23.3 Å². The lowest BCUT2D eigenvalue weighted by Gasteiger charge is -2.58. The summed E-state index contributed by atoms with van der Waals surface area (Å²) in [7, 11) is -3.09. The lowest BCUT2D eigenvalue weighted by molar-refractivity contribution is -0.384. The highest BCUT2D eigenvalue weighted by atomic mass is 32.2. The predicted octanol–water partition coefficient (Wildman–Crippen LogP) is 9.39. The van der Waals surface area contributed by atoms with Crippen LogP contribution in [0.3, 0.4) is 0 Å². The Hall–Kier alpha value is -6.93. The van der Waals surface area contributed by atoms with Crippen molar-refractivity contribution in [1.82, 2.24) is 24.5 Å². The lowest BCUT2D eigenvalue weighted by atomic mass is 9.59. The number of carbonyl (C=O) groups is 1. The molecule has 19 heteroatoms. The quantitative estimate of drug-likeness (QED) is 0.0611. The lowest BCUT2D eigenvalue weighted by Crippen LogP contribution is -2.60. The molecule has 394 valence electrons. The van der Waals surface area contributed by atoms with Crippen LogP contribution in [0, 0.1) is 21.4 Å². The van der Waals surface area contributed by atoms with Gasteiger partial charge in [-0.25, -0.2) is 18.1 Å². The summed E-state index contributed by atoms with van der Waals surface area (Å²) in [4.78, 5) is 40.7. The number of pyridine rings is 1. The molecule has 3 saturated heterocycles. The summed E-state index contributed by atoms with van der Waals surface area (Å²) in [6.45, 7) is 11.2. The van der Waals surface area contributed by atoms with Crippen molar-refractivity contribution in [3.05, 3.63) is 130 Å². The summed E-state index contributed by atoms with van der Waals surface area (Å²) in [5.74, 6) is 0.580. The summed E-state index contributed by atoms with van der Waals surface area (Å²) in [6, 6.07) is 27.8. The van der Waals surface area contributed by atoms with E-state index in [2.05, 4.69) is 85.0 Å². The Balaban J connectivity index is 0.805. The molecule has 4 aliphatic heterocycles. The van der Waals surface area contributed by atoms with Crippen molar-refractivity contribution in [1.29, 1.82) is 0 Å². The van der Waals surface area contributed by atoms with Crippen molar-refractivity contribution < 1.29 is 41.8 Å². The average Bonchev–Trinajstić information content (AvgIpc) is 4.11. The normalized spacial score (nSPS) is 19.3. The van der Waals surface area contributed by atoms with Crippen LogP contribution in [0.25, 0.3) is 11.0 Å². The van der Waals surface area contributed by atoms with Crippen LogP contribution >= 0.6 is 0 Å². The van der Waals surface area contributed by atoms with Gasteiger partial charge in [-0.3, -0.25) is 24.7 Å². The van der Waals surface area contributed by atoms with Crippen LogP contribution in [0.15, 0.2) is 102 Å². The number of benzene rings is 4. The molecular weight excluding hydrogens is 977 g/mol. The van der Waals surface area contributed by atoms with E-state index in [0.717, 1.165) is 101 Å². The van der Waals surface area contributed by atoms with Crippen LogP contribution in [0.2, 0.25) is 0 Å². The third-order valence-corrected chi connectivity index (χ3v) is 17.4. The summed E-state index contributed by atoms with van der Waals surface area (Å²) in [6.07, 6.45) is 9.11. The van der Waals surface area contributed by atoms with Gasteiger partial charge in [0, 0.05) is 101 Å². The van der Waals surface area contributed by atoms with E-state index in [1.807, 2.05) is 24.3 Å². The maximum absolute atomic E-state index is 14.3. The molecule has 75 heavy (non-hydrogen) atoms. The number of methoxy groups -OCH3 is 1. The number of nitro benzene ring substituents is 1. The number of piperazine rings is 1. The topological polar surface area (TPSA) is 203 Å². The van der Waals surface area contributed by atoms with Crippen molar-refractivity contribution in [3.8, 4) is 28.7 Å². The van der Waals surface area contributed by atoms with E-state index in [1.54, 1.807) is 31.5 Å². The zero-order valence-electron chi connectivity index (χ0n) is 42.6. The minimum Gasteiger partial charge on any atom is -0.497 e. The number of amides is 1. The molecule has 0 radical (unpaired) electrons. The van der Waals surface area contributed by atoms with E-state index in [0.29, 0.717) is 43.1 Å². The number of ether oxygens (including phenoxy) is 5. The molecule has 0 unspecified atom stereocenters. The number of nitrogens with one attached hydrogen (secondary N) is 3. The second-order valence-electron chi connectivity index (χ2n) is 21.0. The number of fused-ring (bicyclic) bond motifs is 2. The number of hydrogen-bond donors (Lipinski definition) is 3. The number of carbonyl (C=O) groups excluding carboxylic acids is 1. The molecule has 1 amide bonds. The SMILES string of the molecule is COc1ccc(CN2CCN(C3CC4(CCN(c5ccc(C(=O)NS(=O)(=O)c6cc([N+](=O)[O-])c(NCC7CCOCC7)c7c6OCO7)c(Oc6cnc7[nH]ccc7c6)c5)CC4)C3)[C@H](c3ccccc3C(C)C)C2)cc1. The number of nitro groups is 1. The molecule has 1 saturated carbocycles. The molecule has 1 atom stereocenters. The number of aromatic nitrogens is 2. The molecule has 1 spiro atoms. The Morgan fingerprint density at radius 1 is 0.947 bits per heavy atom. The first kappa shape index (κ1) is 50.2. The Labute approximate surface area is 436 Å². The van der Waals surface area contributed by atoms with Crippen molar-refractivity contribution in [2.75, 3.05) is 76.6 Å². The standard InChI is InChI=1S/C56H64N8O10S/c1-36(2)44-6-4-5-7-45(44)48-34-61(33-38-8-11-42(70-3)12-9-38)22-23-63(48)41-29-56(30-41)17-20-62(21-18-56)40-10-13-46(49(27-40)74-43-26-39-14-19-57-54(39)59-32-43)55(65)60-75(68,69)50-28-47(64(66)67)51(53-52(50)72-35-73-53)58-31-37-15-24-71-25-16-37/h4-14,19,26-28,32,36-37,41,48,58H,15-18,20-25,29-31,33-35H2,1-3H3,(H,57,59)(H,60,65)/t48-/m0/s1. The number of H-pyrrole nitrogens is 1. The van der Waals surface area contributed by atoms with Crippen LogP contribution in [0.4, 0.5) is 17.1 Å². The Morgan fingerprint density at radius 3 is 2.48 bits per heavy atom. The molecule has 11 rings (SSSR count). The molecule has 0 bridgehead atoms. The molecule has 2 aromatic heterocycles. The van der Waals surface area contributed by atoms with Crippen molar-refractivity contribution in [2.45, 2.75) is 81.8 Å². The smallest absolute Gasteiger partial charge is 0.297 e. The fourth-order valence-corrected chi connectivity index (χ4v) is 13.0. The first-order valence-corrected chi connectivity index (χ1v) is 27.5. The predicted molar refractivity (Wildman–Crippen MR) is 284 cm³/mol. The summed E-state index contributed by atoms with van der Waals surface area (Å²) in [5.41, 5.74) is 5.24. The third-order valence-electron chi connectivity index (χ3n) is 16.1. The van der Waals surface area contributed by atoms with Gasteiger partial charge in [0.25, 0.3) is 21.6 Å². The number of nitrogens with zero attached hydrogens (tertiary/aromatic N) is 5. The fraction of sp³-hybridized carbons (Fsp3) is 0.429. The van der Waals surface area contributed by atoms with Gasteiger partial charge in [-0.15, -0.1) is 0 Å². The summed E-state index contributed by atoms with van der Waals surface area (Å²) >= 11 is 0. The maximum atomic E-state index is 14.3. The van der Waals surface area contributed by atoms with E-state index < -0.39 is 31.4 Å². The number of sulfonamides is 1. The van der Waals surface area contributed by atoms with E-state index in [-0.39, 0.29) is 52.7 Å². The first-order valence-electron chi connectivity index (χ1n) is 26.0. The van der Waals surface area contributed by atoms with Crippen molar-refractivity contribution >= 4 is 44.0 Å². The van der Waals surface area contributed by atoms with Gasteiger partial charge in [0.2, 0.25) is 6.79 Å². The summed E-state index contributed by atoms with van der Waals surface area (Å²) < 4.78 is 59.2. The van der Waals surface area contributed by atoms with Crippen LogP contribution in [0.1, 0.15) is 91.4 Å². The summed E-state index contributed by atoms with van der Waals surface area (Å²) in [5, 5.41) is 16.4. The van der Waals surface area contributed by atoms with Crippen LogP contribution < -0.4 is 33.9 Å². The third kappa shape index (κ3) is 10.4. The van der Waals surface area contributed by atoms with Crippen molar-refractivity contribution in [2.24, 2.45) is 11.3 Å². The second kappa shape index (κ2) is 21.0. The number of aromatic amines is 1. The number of piperidine rings is 1. The molecule has 6 aromatic rings. The van der Waals surface area contributed by atoms with Gasteiger partial charge in [0.1, 0.15) is 27.8 Å². The highest BCUT2D eigenvalue weighted by Crippen LogP contribution is 2.54. The fourth-order valence-electron chi connectivity index (χ4n) is 11.9. The maximum Gasteiger partial charge on any atom is 0.297 e. The van der Waals surface area contributed by atoms with Crippen LogP contribution in [-0.2, 0) is 21.3 Å². The van der Waals surface area contributed by atoms with Crippen LogP contribution in [0.5, 0.6) is 28.7 Å². The van der Waals surface area contributed by atoms with Crippen molar-refractivity contribution in [3.63, 3.8) is 0 Å². The van der Waals surface area contributed by atoms with Gasteiger partial charge in [-0.05, 0) is 109 Å². The Morgan fingerprint density at radius 2 is 1.72 bits per heavy atom. The van der Waals surface area contributed by atoms with Gasteiger partial charge in [0.15, 0.2) is 17.2 Å². The Bertz CT molecular complexity index is 3180. The van der Waals surface area contributed by atoms with E-state index >= 15 is 0 Å². The number of rotatable bonds is 16. The largest absolute Gasteiger partial charge is 0.497 e. The number of hydrogen-bond acceptors (Lipinski definition) is 15. The second-order valence-corrected chi connectivity index (χ2v) is 22.7.